The summed E-state index contributed by atoms with van der Waals surface area (Å²) in [7, 11) is 1.67. The van der Waals surface area contributed by atoms with Crippen LogP contribution in [0.3, 0.4) is 0 Å². The molecule has 0 radical (unpaired) electrons. The van der Waals surface area contributed by atoms with Crippen LogP contribution in [0.5, 0.6) is 0 Å². The number of fused-ring (bicyclic) bond motifs is 3. The predicted molar refractivity (Wildman–Crippen MR) is 111 cm³/mol. The van der Waals surface area contributed by atoms with Gasteiger partial charge < -0.3 is 5.32 Å². The molecular formula is C17H15N5O2S3. The van der Waals surface area contributed by atoms with E-state index in [1.165, 1.54) is 27.7 Å². The zero-order valence-corrected chi connectivity index (χ0v) is 17.0. The summed E-state index contributed by atoms with van der Waals surface area (Å²) < 4.78 is 3.94. The minimum Gasteiger partial charge on any atom is -0.325 e. The maximum atomic E-state index is 12.4. The van der Waals surface area contributed by atoms with E-state index < -0.39 is 0 Å². The third kappa shape index (κ3) is 3.35. The van der Waals surface area contributed by atoms with Crippen molar-refractivity contribution >= 4 is 62.4 Å². The molecule has 0 bridgehead atoms. The Labute approximate surface area is 166 Å². The maximum absolute atomic E-state index is 12.4. The van der Waals surface area contributed by atoms with Gasteiger partial charge in [-0.2, -0.15) is 0 Å². The van der Waals surface area contributed by atoms with E-state index in [0.717, 1.165) is 16.1 Å². The van der Waals surface area contributed by atoms with Crippen LogP contribution >= 0.6 is 34.9 Å². The van der Waals surface area contributed by atoms with Crippen LogP contribution in [0.2, 0.25) is 0 Å². The fourth-order valence-electron chi connectivity index (χ4n) is 2.69. The molecule has 10 heteroatoms. The third-order valence-corrected chi connectivity index (χ3v) is 6.53. The molecule has 0 unspecified atom stereocenters. The molecule has 1 N–H and O–H groups in total. The lowest BCUT2D eigenvalue weighted by Gasteiger charge is -2.07. The van der Waals surface area contributed by atoms with E-state index in [9.17, 15) is 9.59 Å². The Morgan fingerprint density at radius 3 is 2.96 bits per heavy atom. The molecule has 3 heterocycles. The number of nitrogens with zero attached hydrogens (tertiary/aromatic N) is 4. The number of amides is 1. The largest absolute Gasteiger partial charge is 0.325 e. The van der Waals surface area contributed by atoms with E-state index in [4.69, 9.17) is 0 Å². The Kier molecular flexibility index (Phi) is 4.94. The Bertz CT molecular complexity index is 1210. The first-order valence-corrected chi connectivity index (χ1v) is 11.1. The summed E-state index contributed by atoms with van der Waals surface area (Å²) >= 11 is 4.29. The van der Waals surface area contributed by atoms with Crippen LogP contribution < -0.4 is 10.9 Å². The molecule has 1 aromatic carbocycles. The quantitative estimate of drug-likeness (QED) is 0.503. The molecule has 0 saturated carbocycles. The number of rotatable bonds is 5. The lowest BCUT2D eigenvalue weighted by molar-refractivity contribution is -0.113. The van der Waals surface area contributed by atoms with E-state index in [1.807, 2.05) is 46.4 Å². The van der Waals surface area contributed by atoms with Crippen LogP contribution in [0.4, 0.5) is 5.69 Å². The Morgan fingerprint density at radius 2 is 2.15 bits per heavy atom. The molecule has 0 aliphatic carbocycles. The molecule has 138 valence electrons. The highest BCUT2D eigenvalue weighted by atomic mass is 32.2. The van der Waals surface area contributed by atoms with E-state index in [0.29, 0.717) is 15.6 Å². The smallest absolute Gasteiger partial charge is 0.272 e. The topological polar surface area (TPSA) is 81.3 Å². The molecule has 4 rings (SSSR count). The molecule has 0 aliphatic rings. The Hall–Kier alpha value is -2.30. The Morgan fingerprint density at radius 1 is 1.30 bits per heavy atom. The van der Waals surface area contributed by atoms with E-state index in [2.05, 4.69) is 15.5 Å². The van der Waals surface area contributed by atoms with Crippen LogP contribution in [0.1, 0.15) is 0 Å². The zero-order chi connectivity index (χ0) is 19.0. The Balaban J connectivity index is 1.57. The number of thiophene rings is 1. The van der Waals surface area contributed by atoms with Gasteiger partial charge in [-0.3, -0.25) is 18.6 Å². The second-order valence-electron chi connectivity index (χ2n) is 5.69. The summed E-state index contributed by atoms with van der Waals surface area (Å²) in [5.74, 6) is 0.529. The number of hydrogen-bond donors (Lipinski definition) is 1. The summed E-state index contributed by atoms with van der Waals surface area (Å²) in [5.41, 5.74) is 1.43. The third-order valence-electron chi connectivity index (χ3n) is 3.99. The lowest BCUT2D eigenvalue weighted by Crippen LogP contribution is -2.19. The van der Waals surface area contributed by atoms with Crippen LogP contribution in [-0.2, 0) is 11.8 Å². The van der Waals surface area contributed by atoms with Gasteiger partial charge in [0.25, 0.3) is 5.56 Å². The minimum atomic E-state index is -0.124. The van der Waals surface area contributed by atoms with Crippen molar-refractivity contribution in [3.8, 4) is 0 Å². The van der Waals surface area contributed by atoms with Gasteiger partial charge in [-0.25, -0.2) is 0 Å². The van der Waals surface area contributed by atoms with Crippen molar-refractivity contribution in [2.75, 3.05) is 17.3 Å². The molecule has 3 aromatic heterocycles. The number of hydrogen-bond acceptors (Lipinski definition) is 7. The van der Waals surface area contributed by atoms with Crippen molar-refractivity contribution in [2.24, 2.45) is 7.05 Å². The molecule has 0 aliphatic heterocycles. The fraction of sp³-hybridized carbons (Fsp3) is 0.176. The van der Waals surface area contributed by atoms with Gasteiger partial charge >= 0.3 is 0 Å². The number of anilines is 1. The molecule has 27 heavy (non-hydrogen) atoms. The van der Waals surface area contributed by atoms with Gasteiger partial charge in [0, 0.05) is 17.6 Å². The maximum Gasteiger partial charge on any atom is 0.272 e. The normalized spacial score (nSPS) is 11.3. The first-order chi connectivity index (χ1) is 13.1. The number of benzene rings is 1. The number of thioether (sulfide) groups is 2. The molecule has 0 fully saturated rings. The van der Waals surface area contributed by atoms with Crippen molar-refractivity contribution < 1.29 is 4.79 Å². The summed E-state index contributed by atoms with van der Waals surface area (Å²) in [6.45, 7) is 0. The van der Waals surface area contributed by atoms with Crippen LogP contribution in [0.25, 0.3) is 16.0 Å². The van der Waals surface area contributed by atoms with Crippen molar-refractivity contribution in [1.82, 2.24) is 19.2 Å². The van der Waals surface area contributed by atoms with Crippen LogP contribution in [-0.4, -0.2) is 37.1 Å². The van der Waals surface area contributed by atoms with Crippen LogP contribution in [0, 0.1) is 0 Å². The molecule has 0 atom stereocenters. The molecule has 0 spiro atoms. The number of carbonyl (C=O) groups excluding carboxylic acids is 1. The number of aryl methyl sites for hydroxylation is 1. The van der Waals surface area contributed by atoms with Crippen molar-refractivity contribution in [1.29, 1.82) is 0 Å². The van der Waals surface area contributed by atoms with Crippen molar-refractivity contribution in [2.45, 2.75) is 10.1 Å². The van der Waals surface area contributed by atoms with Gasteiger partial charge in [-0.15, -0.1) is 33.3 Å². The minimum absolute atomic E-state index is 0.0946. The fourth-order valence-corrected chi connectivity index (χ4v) is 4.74. The average molecular weight is 418 g/mol. The zero-order valence-electron chi connectivity index (χ0n) is 14.5. The standard InChI is InChI=1S/C17H15N5O2S3/c1-21-15(24)14-12(6-7-26-14)22-16(21)19-20-17(22)27-9-13(23)18-10-4-3-5-11(8-10)25-2/h3-8H,9H2,1-2H3,(H,18,23). The van der Waals surface area contributed by atoms with E-state index in [-0.39, 0.29) is 17.2 Å². The molecule has 7 nitrogen and oxygen atoms in total. The van der Waals surface area contributed by atoms with Crippen molar-refractivity contribution in [3.05, 3.63) is 46.1 Å². The lowest BCUT2D eigenvalue weighted by atomic mass is 10.3. The highest BCUT2D eigenvalue weighted by Gasteiger charge is 2.16. The molecule has 1 amide bonds. The highest BCUT2D eigenvalue weighted by molar-refractivity contribution is 7.99. The van der Waals surface area contributed by atoms with E-state index in [1.54, 1.807) is 18.8 Å². The van der Waals surface area contributed by atoms with Gasteiger partial charge in [-0.05, 0) is 35.9 Å². The molecule has 4 aromatic rings. The first-order valence-electron chi connectivity index (χ1n) is 7.96. The first kappa shape index (κ1) is 18.1. The average Bonchev–Trinajstić information content (AvgIpc) is 3.31. The monoisotopic (exact) mass is 417 g/mol. The van der Waals surface area contributed by atoms with Gasteiger partial charge in [0.1, 0.15) is 4.70 Å². The summed E-state index contributed by atoms with van der Waals surface area (Å²) in [4.78, 5) is 25.8. The molecule has 0 saturated heterocycles. The SMILES string of the molecule is CSc1cccc(NC(=O)CSc2nnc3n(C)c(=O)c4sccc4n23)c1. The number of aromatic nitrogens is 4. The summed E-state index contributed by atoms with van der Waals surface area (Å²) in [6, 6.07) is 9.57. The van der Waals surface area contributed by atoms with Gasteiger partial charge in [0.2, 0.25) is 11.7 Å². The van der Waals surface area contributed by atoms with Crippen LogP contribution in [0.15, 0.2) is 50.6 Å². The van der Waals surface area contributed by atoms with Gasteiger partial charge in [-0.1, -0.05) is 17.8 Å². The summed E-state index contributed by atoms with van der Waals surface area (Å²) in [5, 5.41) is 13.6. The molecular weight excluding hydrogens is 402 g/mol. The second kappa shape index (κ2) is 7.37. The highest BCUT2D eigenvalue weighted by Crippen LogP contribution is 2.24. The second-order valence-corrected chi connectivity index (χ2v) is 8.42. The summed E-state index contributed by atoms with van der Waals surface area (Å²) in [6.07, 6.45) is 1.99. The van der Waals surface area contributed by atoms with Gasteiger partial charge in [0.15, 0.2) is 5.16 Å². The number of carbonyl (C=O) groups is 1. The predicted octanol–water partition coefficient (Wildman–Crippen LogP) is 3.10. The number of nitrogens with one attached hydrogen (secondary N) is 1. The van der Waals surface area contributed by atoms with E-state index >= 15 is 0 Å². The van der Waals surface area contributed by atoms with Crippen molar-refractivity contribution in [3.63, 3.8) is 0 Å². The van der Waals surface area contributed by atoms with Gasteiger partial charge in [0.05, 0.1) is 11.3 Å².